The molecule has 1 N–H and O–H groups in total. The van der Waals surface area contributed by atoms with E-state index in [0.29, 0.717) is 5.92 Å². The van der Waals surface area contributed by atoms with Gasteiger partial charge in [-0.2, -0.15) is 0 Å². The Balaban J connectivity index is 1.23. The van der Waals surface area contributed by atoms with Crippen LogP contribution < -0.4 is 5.43 Å². The van der Waals surface area contributed by atoms with Crippen molar-refractivity contribution in [3.8, 4) is 0 Å². The smallest absolute Gasteiger partial charge is 0.0548 e. The van der Waals surface area contributed by atoms with E-state index in [9.17, 15) is 0 Å². The topological polar surface area (TPSA) is 21.8 Å². The lowest BCUT2D eigenvalue weighted by Gasteiger charge is -2.34. The third-order valence-corrected chi connectivity index (χ3v) is 7.07. The van der Waals surface area contributed by atoms with Gasteiger partial charge >= 0.3 is 0 Å². The molecule has 1 aromatic carbocycles. The van der Waals surface area contributed by atoms with Crippen LogP contribution in [-0.2, 0) is 0 Å². The fourth-order valence-electron chi connectivity index (χ4n) is 4.21. The molecule has 0 unspecified atom stereocenters. The number of piperidine rings is 1. The number of hydrogen-bond donors (Lipinski definition) is 1. The van der Waals surface area contributed by atoms with Crippen molar-refractivity contribution in [2.75, 3.05) is 32.7 Å². The molecule has 0 radical (unpaired) electrons. The Morgan fingerprint density at radius 1 is 1.07 bits per heavy atom. The quantitative estimate of drug-likeness (QED) is 0.653. The molecule has 3 heterocycles. The van der Waals surface area contributed by atoms with Crippen molar-refractivity contribution in [2.24, 2.45) is 5.92 Å². The molecule has 2 saturated heterocycles. The molecule has 29 heavy (non-hydrogen) atoms. The van der Waals surface area contributed by atoms with E-state index in [2.05, 4.69) is 76.5 Å². The van der Waals surface area contributed by atoms with Crippen LogP contribution in [0.15, 0.2) is 83.7 Å². The number of likely N-dealkylation sites (tertiary alicyclic amines) is 1. The van der Waals surface area contributed by atoms with Crippen LogP contribution in [0.2, 0.25) is 0 Å². The second kappa shape index (κ2) is 9.70. The van der Waals surface area contributed by atoms with Crippen molar-refractivity contribution < 1.29 is 0 Å². The first-order valence-corrected chi connectivity index (χ1v) is 11.5. The predicted molar refractivity (Wildman–Crippen MR) is 123 cm³/mol. The standard InChI is InChI=1S/C24H32N4S/c1-20-18-23(12-17-28(20)25-19-21(2)26-13-6-7-14-26)22-10-15-27(16-11-22)29-24-8-4-3-5-9-24/h3-5,8-9,12,17-18,22,25H,1-2,6-7,10-11,13-16,19H2. The summed E-state index contributed by atoms with van der Waals surface area (Å²) in [6.45, 7) is 13.8. The van der Waals surface area contributed by atoms with Crippen molar-refractivity contribution in [2.45, 2.75) is 30.6 Å². The zero-order valence-corrected chi connectivity index (χ0v) is 18.0. The molecule has 154 valence electrons. The van der Waals surface area contributed by atoms with Crippen LogP contribution >= 0.6 is 11.9 Å². The Morgan fingerprint density at radius 3 is 2.48 bits per heavy atom. The molecule has 0 bridgehead atoms. The first kappa shape index (κ1) is 20.3. The SMILES string of the molecule is C=C(CNN1C=CC(C2CCN(Sc3ccccc3)CC2)=CC1=C)N1CCCC1. The summed E-state index contributed by atoms with van der Waals surface area (Å²) >= 11 is 1.88. The summed E-state index contributed by atoms with van der Waals surface area (Å²) in [6.07, 6.45) is 11.6. The van der Waals surface area contributed by atoms with Gasteiger partial charge in [0, 0.05) is 43.0 Å². The van der Waals surface area contributed by atoms with E-state index in [1.54, 1.807) is 0 Å². The predicted octanol–water partition coefficient (Wildman–Crippen LogP) is 4.79. The lowest BCUT2D eigenvalue weighted by molar-refractivity contribution is 0.310. The van der Waals surface area contributed by atoms with Gasteiger partial charge < -0.3 is 4.90 Å². The van der Waals surface area contributed by atoms with E-state index in [1.165, 1.54) is 41.8 Å². The van der Waals surface area contributed by atoms with Gasteiger partial charge in [0.2, 0.25) is 0 Å². The Bertz CT molecular complexity index is 771. The number of nitrogens with one attached hydrogen (secondary N) is 1. The maximum absolute atomic E-state index is 4.26. The number of benzene rings is 1. The molecule has 4 nitrogen and oxygen atoms in total. The summed E-state index contributed by atoms with van der Waals surface area (Å²) in [4.78, 5) is 3.71. The first-order chi connectivity index (χ1) is 14.2. The lowest BCUT2D eigenvalue weighted by Crippen LogP contribution is -2.38. The molecule has 1 aromatic rings. The summed E-state index contributed by atoms with van der Waals surface area (Å²) < 4.78 is 2.49. The molecule has 3 aliphatic rings. The van der Waals surface area contributed by atoms with Gasteiger partial charge in [-0.1, -0.05) is 31.4 Å². The fraction of sp³-hybridized carbons (Fsp3) is 0.417. The number of rotatable bonds is 7. The highest BCUT2D eigenvalue weighted by atomic mass is 32.2. The van der Waals surface area contributed by atoms with Gasteiger partial charge in [0.25, 0.3) is 0 Å². The molecular formula is C24H32N4S. The largest absolute Gasteiger partial charge is 0.374 e. The third kappa shape index (κ3) is 5.35. The Hall–Kier alpha value is -1.95. The highest BCUT2D eigenvalue weighted by molar-refractivity contribution is 7.97. The van der Waals surface area contributed by atoms with Crippen LogP contribution in [0, 0.1) is 5.92 Å². The summed E-state index contributed by atoms with van der Waals surface area (Å²) in [5.74, 6) is 0.623. The van der Waals surface area contributed by atoms with E-state index >= 15 is 0 Å². The molecule has 0 saturated carbocycles. The highest BCUT2D eigenvalue weighted by Crippen LogP contribution is 2.33. The summed E-state index contributed by atoms with van der Waals surface area (Å²) in [6, 6.07) is 10.7. The average molecular weight is 409 g/mol. The minimum atomic E-state index is 0.623. The van der Waals surface area contributed by atoms with Crippen LogP contribution in [0.4, 0.5) is 0 Å². The van der Waals surface area contributed by atoms with Gasteiger partial charge in [0.05, 0.1) is 12.2 Å². The van der Waals surface area contributed by atoms with Gasteiger partial charge in [-0.15, -0.1) is 0 Å². The van der Waals surface area contributed by atoms with Crippen LogP contribution in [0.25, 0.3) is 0 Å². The zero-order valence-electron chi connectivity index (χ0n) is 17.2. The molecule has 0 amide bonds. The second-order valence-electron chi connectivity index (χ2n) is 8.02. The molecule has 0 aliphatic carbocycles. The molecule has 2 fully saturated rings. The van der Waals surface area contributed by atoms with Crippen LogP contribution in [0.5, 0.6) is 0 Å². The Labute approximate surface area is 179 Å². The summed E-state index contributed by atoms with van der Waals surface area (Å²) in [7, 11) is 0. The lowest BCUT2D eigenvalue weighted by atomic mass is 9.88. The van der Waals surface area contributed by atoms with Crippen LogP contribution in [0.1, 0.15) is 25.7 Å². The number of nitrogens with zero attached hydrogens (tertiary/aromatic N) is 3. The van der Waals surface area contributed by atoms with Gasteiger partial charge in [0.1, 0.15) is 0 Å². The molecule has 0 aromatic heterocycles. The maximum atomic E-state index is 4.26. The highest BCUT2D eigenvalue weighted by Gasteiger charge is 2.24. The Morgan fingerprint density at radius 2 is 1.79 bits per heavy atom. The first-order valence-electron chi connectivity index (χ1n) is 10.7. The molecule has 4 rings (SSSR count). The van der Waals surface area contributed by atoms with Crippen molar-refractivity contribution >= 4 is 11.9 Å². The van der Waals surface area contributed by atoms with E-state index in [1.807, 2.05) is 17.0 Å². The Kier molecular flexibility index (Phi) is 6.80. The monoisotopic (exact) mass is 408 g/mol. The second-order valence-corrected chi connectivity index (χ2v) is 9.19. The third-order valence-electron chi connectivity index (χ3n) is 5.97. The van der Waals surface area contributed by atoms with Crippen molar-refractivity contribution in [3.63, 3.8) is 0 Å². The van der Waals surface area contributed by atoms with Crippen molar-refractivity contribution in [1.29, 1.82) is 0 Å². The molecule has 5 heteroatoms. The number of hydrazine groups is 1. The fourth-order valence-corrected chi connectivity index (χ4v) is 5.18. The van der Waals surface area contributed by atoms with Gasteiger partial charge in [-0.25, -0.2) is 9.73 Å². The minimum absolute atomic E-state index is 0.623. The minimum Gasteiger partial charge on any atom is -0.374 e. The maximum Gasteiger partial charge on any atom is 0.0548 e. The summed E-state index contributed by atoms with van der Waals surface area (Å²) in [5, 5.41) is 2.03. The van der Waals surface area contributed by atoms with Gasteiger partial charge in [-0.05, 0) is 73.4 Å². The normalized spacial score (nSPS) is 21.0. The molecule has 0 spiro atoms. The number of allylic oxidation sites excluding steroid dienone is 3. The van der Waals surface area contributed by atoms with E-state index in [4.69, 9.17) is 0 Å². The molecule has 0 atom stereocenters. The van der Waals surface area contributed by atoms with E-state index < -0.39 is 0 Å². The van der Waals surface area contributed by atoms with Crippen molar-refractivity contribution in [1.82, 2.24) is 19.6 Å². The van der Waals surface area contributed by atoms with Gasteiger partial charge in [0.15, 0.2) is 0 Å². The zero-order chi connectivity index (χ0) is 20.1. The van der Waals surface area contributed by atoms with Crippen molar-refractivity contribution in [3.05, 3.63) is 78.8 Å². The van der Waals surface area contributed by atoms with Crippen LogP contribution in [0.3, 0.4) is 0 Å². The van der Waals surface area contributed by atoms with E-state index in [0.717, 1.165) is 38.4 Å². The molecule has 3 aliphatic heterocycles. The number of hydrogen-bond acceptors (Lipinski definition) is 5. The van der Waals surface area contributed by atoms with Gasteiger partial charge in [-0.3, -0.25) is 5.01 Å². The average Bonchev–Trinajstić information content (AvgIpc) is 3.29. The summed E-state index contributed by atoms with van der Waals surface area (Å²) in [5.41, 5.74) is 7.05. The van der Waals surface area contributed by atoms with E-state index in [-0.39, 0.29) is 0 Å². The van der Waals surface area contributed by atoms with Crippen LogP contribution in [-0.4, -0.2) is 46.9 Å². The molecular weight excluding hydrogens is 376 g/mol.